The molecule has 0 aromatic carbocycles. The van der Waals surface area contributed by atoms with Crippen molar-refractivity contribution in [2.45, 2.75) is 0 Å². The first-order chi connectivity index (χ1) is 7.20. The van der Waals surface area contributed by atoms with Crippen LogP contribution in [0.1, 0.15) is 10.4 Å². The smallest absolute Gasteiger partial charge is 0.290 e. The molecule has 2 aromatic heterocycles. The van der Waals surface area contributed by atoms with Crippen LogP contribution in [-0.4, -0.2) is 32.1 Å². The Morgan fingerprint density at radius 2 is 2.27 bits per heavy atom. The number of hydrogen-bond donors (Lipinski definition) is 2. The minimum Gasteiger partial charge on any atom is -0.483 e. The average molecular weight is 208 g/mol. The molecule has 3 N–H and O–H groups in total. The fraction of sp³-hybridized carbons (Fsp3) is 0. The number of carbonyl (C=O) groups is 2. The summed E-state index contributed by atoms with van der Waals surface area (Å²) in [6, 6.07) is 1.73. The summed E-state index contributed by atoms with van der Waals surface area (Å²) in [5.41, 5.74) is 5.93. The fourth-order valence-corrected chi connectivity index (χ4v) is 1.00. The SMILES string of the molecule is NC(=O)c1cnn2cccnc12.O=CO. The summed E-state index contributed by atoms with van der Waals surface area (Å²) in [6.07, 6.45) is 4.70. The van der Waals surface area contributed by atoms with Crippen LogP contribution in [-0.2, 0) is 4.79 Å². The normalized spacial score (nSPS) is 9.07. The van der Waals surface area contributed by atoms with Gasteiger partial charge >= 0.3 is 0 Å². The number of rotatable bonds is 1. The Bertz CT molecular complexity index is 479. The van der Waals surface area contributed by atoms with Crippen LogP contribution < -0.4 is 5.73 Å². The molecule has 2 aromatic rings. The molecule has 0 aliphatic carbocycles. The van der Waals surface area contributed by atoms with Gasteiger partial charge in [0.05, 0.1) is 6.20 Å². The van der Waals surface area contributed by atoms with Crippen molar-refractivity contribution in [1.29, 1.82) is 0 Å². The second kappa shape index (κ2) is 4.70. The number of nitrogens with zero attached hydrogens (tertiary/aromatic N) is 3. The van der Waals surface area contributed by atoms with Gasteiger partial charge in [0.25, 0.3) is 12.4 Å². The lowest BCUT2D eigenvalue weighted by atomic mass is 10.3. The van der Waals surface area contributed by atoms with Crippen molar-refractivity contribution in [1.82, 2.24) is 14.6 Å². The number of primary amides is 1. The Balaban J connectivity index is 0.000000337. The van der Waals surface area contributed by atoms with E-state index in [-0.39, 0.29) is 6.47 Å². The van der Waals surface area contributed by atoms with E-state index in [1.165, 1.54) is 10.7 Å². The first kappa shape index (κ1) is 10.6. The largest absolute Gasteiger partial charge is 0.483 e. The van der Waals surface area contributed by atoms with E-state index in [0.717, 1.165) is 0 Å². The van der Waals surface area contributed by atoms with Gasteiger partial charge in [-0.15, -0.1) is 0 Å². The third-order valence-corrected chi connectivity index (χ3v) is 1.54. The Kier molecular flexibility index (Phi) is 3.33. The van der Waals surface area contributed by atoms with E-state index in [9.17, 15) is 4.79 Å². The molecule has 2 rings (SSSR count). The number of nitrogens with two attached hydrogens (primary N) is 1. The molecule has 15 heavy (non-hydrogen) atoms. The molecule has 78 valence electrons. The molecule has 7 heteroatoms. The van der Waals surface area contributed by atoms with E-state index in [0.29, 0.717) is 11.2 Å². The zero-order chi connectivity index (χ0) is 11.3. The number of carboxylic acid groups (broad SMARTS) is 1. The molecule has 0 saturated carbocycles. The topological polar surface area (TPSA) is 111 Å². The Labute approximate surface area is 84.2 Å². The van der Waals surface area contributed by atoms with Crippen molar-refractivity contribution >= 4 is 18.0 Å². The monoisotopic (exact) mass is 208 g/mol. The van der Waals surface area contributed by atoms with Gasteiger partial charge in [-0.3, -0.25) is 9.59 Å². The van der Waals surface area contributed by atoms with Crippen molar-refractivity contribution in [2.75, 3.05) is 0 Å². The number of fused-ring (bicyclic) bond motifs is 1. The van der Waals surface area contributed by atoms with Gasteiger partial charge in [-0.05, 0) is 6.07 Å². The van der Waals surface area contributed by atoms with Gasteiger partial charge in [0.1, 0.15) is 5.56 Å². The minimum absolute atomic E-state index is 0.250. The molecule has 0 bridgehead atoms. The summed E-state index contributed by atoms with van der Waals surface area (Å²) in [5, 5.41) is 10.8. The summed E-state index contributed by atoms with van der Waals surface area (Å²) < 4.78 is 1.50. The highest BCUT2D eigenvalue weighted by Gasteiger charge is 2.08. The second-order valence-corrected chi connectivity index (χ2v) is 2.42. The highest BCUT2D eigenvalue weighted by molar-refractivity contribution is 5.98. The van der Waals surface area contributed by atoms with E-state index in [1.807, 2.05) is 0 Å². The minimum atomic E-state index is -0.510. The highest BCUT2D eigenvalue weighted by atomic mass is 16.3. The Morgan fingerprint density at radius 3 is 2.87 bits per heavy atom. The maximum atomic E-state index is 10.8. The standard InChI is InChI=1S/C7H6N4O.CH2O2/c8-6(12)5-4-10-11-3-1-2-9-7(5)11;2-1-3/h1-4H,(H2,8,12);1H,(H,2,3). The van der Waals surface area contributed by atoms with Gasteiger partial charge in [0.15, 0.2) is 5.65 Å². The summed E-state index contributed by atoms with van der Waals surface area (Å²) in [7, 11) is 0. The van der Waals surface area contributed by atoms with Crippen molar-refractivity contribution < 1.29 is 14.7 Å². The molecule has 0 aliphatic rings. The average Bonchev–Trinajstić information content (AvgIpc) is 2.62. The summed E-state index contributed by atoms with van der Waals surface area (Å²) in [4.78, 5) is 23.1. The number of carbonyl (C=O) groups excluding carboxylic acids is 1. The predicted octanol–water partition coefficient (Wildman–Crippen LogP) is -0.471. The van der Waals surface area contributed by atoms with Crippen LogP contribution in [0.3, 0.4) is 0 Å². The van der Waals surface area contributed by atoms with E-state index >= 15 is 0 Å². The first-order valence-corrected chi connectivity index (χ1v) is 3.86. The van der Waals surface area contributed by atoms with Crippen LogP contribution >= 0.6 is 0 Å². The van der Waals surface area contributed by atoms with Gasteiger partial charge in [-0.25, -0.2) is 9.50 Å². The molecule has 0 fully saturated rings. The van der Waals surface area contributed by atoms with Crippen LogP contribution in [0, 0.1) is 0 Å². The zero-order valence-corrected chi connectivity index (χ0v) is 7.57. The van der Waals surface area contributed by atoms with Crippen LogP contribution in [0.25, 0.3) is 5.65 Å². The maximum Gasteiger partial charge on any atom is 0.290 e. The lowest BCUT2D eigenvalue weighted by Crippen LogP contribution is -2.10. The Morgan fingerprint density at radius 1 is 1.60 bits per heavy atom. The molecule has 0 radical (unpaired) electrons. The summed E-state index contributed by atoms with van der Waals surface area (Å²) in [5.74, 6) is -0.510. The second-order valence-electron chi connectivity index (χ2n) is 2.42. The van der Waals surface area contributed by atoms with Crippen molar-refractivity contribution in [3.8, 4) is 0 Å². The molecule has 0 spiro atoms. The van der Waals surface area contributed by atoms with Crippen LogP contribution in [0.4, 0.5) is 0 Å². The maximum absolute atomic E-state index is 10.8. The molecular formula is C8H8N4O3. The molecular weight excluding hydrogens is 200 g/mol. The molecule has 0 saturated heterocycles. The Hall–Kier alpha value is -2.44. The van der Waals surface area contributed by atoms with E-state index < -0.39 is 5.91 Å². The number of hydrogen-bond acceptors (Lipinski definition) is 4. The third kappa shape index (κ3) is 2.27. The van der Waals surface area contributed by atoms with E-state index in [1.54, 1.807) is 18.5 Å². The van der Waals surface area contributed by atoms with Crippen molar-refractivity contribution in [3.63, 3.8) is 0 Å². The summed E-state index contributed by atoms with van der Waals surface area (Å²) >= 11 is 0. The van der Waals surface area contributed by atoms with Gasteiger partial charge in [0, 0.05) is 12.4 Å². The van der Waals surface area contributed by atoms with Crippen LogP contribution in [0.5, 0.6) is 0 Å². The molecule has 2 heterocycles. The van der Waals surface area contributed by atoms with Gasteiger partial charge in [-0.1, -0.05) is 0 Å². The van der Waals surface area contributed by atoms with Gasteiger partial charge in [-0.2, -0.15) is 5.10 Å². The lowest BCUT2D eigenvalue weighted by molar-refractivity contribution is -0.122. The fourth-order valence-electron chi connectivity index (χ4n) is 1.00. The summed E-state index contributed by atoms with van der Waals surface area (Å²) in [6.45, 7) is -0.250. The number of aromatic nitrogens is 3. The van der Waals surface area contributed by atoms with Gasteiger partial charge < -0.3 is 10.8 Å². The molecule has 1 amide bonds. The quantitative estimate of drug-likeness (QED) is 0.615. The first-order valence-electron chi connectivity index (χ1n) is 3.86. The van der Waals surface area contributed by atoms with Crippen molar-refractivity contribution in [2.24, 2.45) is 5.73 Å². The lowest BCUT2D eigenvalue weighted by Gasteiger charge is -1.90. The molecule has 0 atom stereocenters. The van der Waals surface area contributed by atoms with E-state index in [4.69, 9.17) is 15.6 Å². The van der Waals surface area contributed by atoms with Crippen LogP contribution in [0.2, 0.25) is 0 Å². The zero-order valence-electron chi connectivity index (χ0n) is 7.57. The van der Waals surface area contributed by atoms with Crippen LogP contribution in [0.15, 0.2) is 24.7 Å². The van der Waals surface area contributed by atoms with Crippen molar-refractivity contribution in [3.05, 3.63) is 30.2 Å². The van der Waals surface area contributed by atoms with Gasteiger partial charge in [0.2, 0.25) is 0 Å². The molecule has 7 nitrogen and oxygen atoms in total. The molecule has 0 aliphatic heterocycles. The number of amides is 1. The highest BCUT2D eigenvalue weighted by Crippen LogP contribution is 2.04. The van der Waals surface area contributed by atoms with E-state index in [2.05, 4.69) is 10.1 Å². The third-order valence-electron chi connectivity index (χ3n) is 1.54. The molecule has 0 unspecified atom stereocenters. The predicted molar refractivity (Wildman–Crippen MR) is 50.2 cm³/mol.